The van der Waals surface area contributed by atoms with Crippen molar-refractivity contribution >= 4 is 27.3 Å². The third-order valence-electron chi connectivity index (χ3n) is 3.02. The van der Waals surface area contributed by atoms with Crippen molar-refractivity contribution in [2.45, 2.75) is 18.9 Å². The molecule has 0 saturated carbocycles. The van der Waals surface area contributed by atoms with E-state index >= 15 is 0 Å². The van der Waals surface area contributed by atoms with Gasteiger partial charge in [0.1, 0.15) is 10.9 Å². The number of sulfonamides is 1. The lowest BCUT2D eigenvalue weighted by Gasteiger charge is -2.25. The third kappa shape index (κ3) is 3.20. The van der Waals surface area contributed by atoms with Gasteiger partial charge in [0.05, 0.1) is 12.0 Å². The normalized spacial score (nSPS) is 11.9. The van der Waals surface area contributed by atoms with Gasteiger partial charge in [-0.25, -0.2) is 4.98 Å². The van der Waals surface area contributed by atoms with E-state index in [1.165, 1.54) is 27.3 Å². The van der Waals surface area contributed by atoms with E-state index in [9.17, 15) is 13.5 Å². The standard InChI is InChI=1S/C14H18ClN3O3S/c1-10(2)8-18(11-5-4-6-12(19)7-11)22(20,21)14-13(15)17(3)9-16-14/h4-7,9-10,19H,8H2,1-3H3. The number of aromatic nitrogens is 2. The Labute approximate surface area is 135 Å². The van der Waals surface area contributed by atoms with Crippen LogP contribution in [-0.4, -0.2) is 29.6 Å². The van der Waals surface area contributed by atoms with Crippen LogP contribution in [0, 0.1) is 5.92 Å². The number of rotatable bonds is 5. The van der Waals surface area contributed by atoms with Gasteiger partial charge in [-0.2, -0.15) is 8.42 Å². The van der Waals surface area contributed by atoms with Crippen molar-refractivity contribution in [1.82, 2.24) is 9.55 Å². The van der Waals surface area contributed by atoms with Gasteiger partial charge in [-0.05, 0) is 18.1 Å². The molecule has 2 aromatic rings. The van der Waals surface area contributed by atoms with Crippen molar-refractivity contribution in [2.75, 3.05) is 10.8 Å². The average molecular weight is 344 g/mol. The predicted molar refractivity (Wildman–Crippen MR) is 85.7 cm³/mol. The lowest BCUT2D eigenvalue weighted by atomic mass is 10.2. The highest BCUT2D eigenvalue weighted by Gasteiger charge is 2.30. The Kier molecular flexibility index (Phi) is 4.67. The van der Waals surface area contributed by atoms with E-state index in [4.69, 9.17) is 11.6 Å². The Hall–Kier alpha value is -1.73. The van der Waals surface area contributed by atoms with Gasteiger partial charge in [0.25, 0.3) is 10.0 Å². The molecule has 0 unspecified atom stereocenters. The van der Waals surface area contributed by atoms with Crippen molar-refractivity contribution < 1.29 is 13.5 Å². The summed E-state index contributed by atoms with van der Waals surface area (Å²) in [5.41, 5.74) is 0.371. The van der Waals surface area contributed by atoms with Gasteiger partial charge in [-0.1, -0.05) is 31.5 Å². The molecule has 0 radical (unpaired) electrons. The van der Waals surface area contributed by atoms with Crippen LogP contribution in [0.25, 0.3) is 0 Å². The van der Waals surface area contributed by atoms with E-state index < -0.39 is 10.0 Å². The van der Waals surface area contributed by atoms with E-state index in [1.807, 2.05) is 13.8 Å². The number of phenols is 1. The van der Waals surface area contributed by atoms with E-state index in [2.05, 4.69) is 4.98 Å². The lowest BCUT2D eigenvalue weighted by Crippen LogP contribution is -2.34. The number of aromatic hydroxyl groups is 1. The van der Waals surface area contributed by atoms with Crippen LogP contribution in [0.5, 0.6) is 5.75 Å². The van der Waals surface area contributed by atoms with Crippen LogP contribution in [0.4, 0.5) is 5.69 Å². The van der Waals surface area contributed by atoms with Crippen LogP contribution in [0.2, 0.25) is 5.15 Å². The second-order valence-corrected chi connectivity index (χ2v) is 7.54. The number of halogens is 1. The van der Waals surface area contributed by atoms with Gasteiger partial charge in [0.15, 0.2) is 0 Å². The van der Waals surface area contributed by atoms with Crippen molar-refractivity contribution in [3.63, 3.8) is 0 Å². The van der Waals surface area contributed by atoms with E-state index in [1.54, 1.807) is 19.2 Å². The van der Waals surface area contributed by atoms with Gasteiger partial charge in [0.2, 0.25) is 5.03 Å². The molecule has 1 aromatic carbocycles. The van der Waals surface area contributed by atoms with Crippen LogP contribution in [-0.2, 0) is 17.1 Å². The molecule has 0 spiro atoms. The first-order valence-corrected chi connectivity index (χ1v) is 8.54. The summed E-state index contributed by atoms with van der Waals surface area (Å²) in [4.78, 5) is 3.90. The molecule has 6 nitrogen and oxygen atoms in total. The summed E-state index contributed by atoms with van der Waals surface area (Å²) >= 11 is 6.04. The second kappa shape index (κ2) is 6.18. The van der Waals surface area contributed by atoms with E-state index in [-0.39, 0.29) is 28.4 Å². The number of hydrogen-bond donors (Lipinski definition) is 1. The first-order valence-electron chi connectivity index (χ1n) is 6.72. The predicted octanol–water partition coefficient (Wildman–Crippen LogP) is 2.63. The summed E-state index contributed by atoms with van der Waals surface area (Å²) in [5, 5.41) is 9.48. The van der Waals surface area contributed by atoms with Crippen LogP contribution < -0.4 is 4.31 Å². The molecule has 0 fully saturated rings. The fourth-order valence-corrected chi connectivity index (χ4v) is 4.01. The number of benzene rings is 1. The highest BCUT2D eigenvalue weighted by Crippen LogP contribution is 2.29. The Morgan fingerprint density at radius 2 is 2.09 bits per heavy atom. The maximum Gasteiger partial charge on any atom is 0.284 e. The Morgan fingerprint density at radius 3 is 2.59 bits per heavy atom. The largest absolute Gasteiger partial charge is 0.508 e. The molecule has 1 N–H and O–H groups in total. The minimum absolute atomic E-state index is 0.00595. The third-order valence-corrected chi connectivity index (χ3v) is 5.30. The quantitative estimate of drug-likeness (QED) is 0.905. The average Bonchev–Trinajstić information content (AvgIpc) is 2.76. The van der Waals surface area contributed by atoms with E-state index in [0.29, 0.717) is 5.69 Å². The molecule has 1 aromatic heterocycles. The van der Waals surface area contributed by atoms with Crippen molar-refractivity contribution in [3.05, 3.63) is 35.7 Å². The van der Waals surface area contributed by atoms with Crippen molar-refractivity contribution in [1.29, 1.82) is 0 Å². The molecule has 0 bridgehead atoms. The van der Waals surface area contributed by atoms with Crippen LogP contribution >= 0.6 is 11.6 Å². The number of imidazole rings is 1. The molecule has 0 aliphatic carbocycles. The van der Waals surface area contributed by atoms with Gasteiger partial charge in [-0.3, -0.25) is 4.31 Å². The summed E-state index contributed by atoms with van der Waals surface area (Å²) in [7, 11) is -2.30. The van der Waals surface area contributed by atoms with Gasteiger partial charge < -0.3 is 9.67 Å². The molecule has 1 heterocycles. The number of hydrogen-bond acceptors (Lipinski definition) is 4. The maximum atomic E-state index is 12.9. The topological polar surface area (TPSA) is 75.4 Å². The SMILES string of the molecule is CC(C)CN(c1cccc(O)c1)S(=O)(=O)c1ncn(C)c1Cl. The summed E-state index contributed by atoms with van der Waals surface area (Å²) in [5.74, 6) is 0.0770. The van der Waals surface area contributed by atoms with Gasteiger partial charge >= 0.3 is 0 Å². The minimum atomic E-state index is -3.92. The summed E-state index contributed by atoms with van der Waals surface area (Å²) in [6, 6.07) is 6.10. The Bertz CT molecular complexity index is 771. The molecule has 0 aliphatic rings. The van der Waals surface area contributed by atoms with Crippen LogP contribution in [0.1, 0.15) is 13.8 Å². The van der Waals surface area contributed by atoms with Crippen molar-refractivity contribution in [3.8, 4) is 5.75 Å². The highest BCUT2D eigenvalue weighted by molar-refractivity contribution is 7.92. The van der Waals surface area contributed by atoms with Crippen molar-refractivity contribution in [2.24, 2.45) is 13.0 Å². The zero-order chi connectivity index (χ0) is 16.5. The molecule has 0 atom stereocenters. The zero-order valence-corrected chi connectivity index (χ0v) is 14.1. The summed E-state index contributed by atoms with van der Waals surface area (Å²) < 4.78 is 28.4. The number of phenolic OH excluding ortho intramolecular Hbond substituents is 1. The summed E-state index contributed by atoms with van der Waals surface area (Å²) in [6.07, 6.45) is 1.35. The molecule has 0 amide bonds. The minimum Gasteiger partial charge on any atom is -0.508 e. The van der Waals surface area contributed by atoms with Gasteiger partial charge in [0, 0.05) is 19.7 Å². The Balaban J connectivity index is 2.56. The smallest absolute Gasteiger partial charge is 0.284 e. The fraction of sp³-hybridized carbons (Fsp3) is 0.357. The van der Waals surface area contributed by atoms with Crippen LogP contribution in [0.15, 0.2) is 35.6 Å². The fourth-order valence-electron chi connectivity index (χ4n) is 1.99. The second-order valence-electron chi connectivity index (χ2n) is 5.40. The molecular formula is C14H18ClN3O3S. The molecular weight excluding hydrogens is 326 g/mol. The maximum absolute atomic E-state index is 12.9. The first kappa shape index (κ1) is 16.6. The lowest BCUT2D eigenvalue weighted by molar-refractivity contribution is 0.475. The summed E-state index contributed by atoms with van der Waals surface area (Å²) in [6.45, 7) is 4.06. The molecule has 8 heteroatoms. The molecule has 0 aliphatic heterocycles. The highest BCUT2D eigenvalue weighted by atomic mass is 35.5. The molecule has 2 rings (SSSR count). The zero-order valence-electron chi connectivity index (χ0n) is 12.6. The molecule has 120 valence electrons. The first-order chi connectivity index (χ1) is 10.2. The molecule has 0 saturated heterocycles. The number of nitrogens with zero attached hydrogens (tertiary/aromatic N) is 3. The monoisotopic (exact) mass is 343 g/mol. The molecule has 22 heavy (non-hydrogen) atoms. The number of anilines is 1. The van der Waals surface area contributed by atoms with Gasteiger partial charge in [-0.15, -0.1) is 0 Å². The van der Waals surface area contributed by atoms with E-state index in [0.717, 1.165) is 0 Å². The number of aryl methyl sites for hydroxylation is 1. The van der Waals surface area contributed by atoms with Crippen LogP contribution in [0.3, 0.4) is 0 Å². The Morgan fingerprint density at radius 1 is 1.41 bits per heavy atom.